The number of aromatic nitrogens is 1. The SMILES string of the molecule is CC(=O)N1CCc2c(sc(NC(=O)c3ccc(S(=O)(=O)N(Cc4ccccc4)C(C)C)cc3)c2-c2nc3ccccc3s2)C1. The number of sulfonamides is 1. The van der Waals surface area contributed by atoms with Crippen molar-refractivity contribution in [1.82, 2.24) is 14.2 Å². The van der Waals surface area contributed by atoms with Crippen molar-refractivity contribution in [2.45, 2.75) is 51.2 Å². The minimum absolute atomic E-state index is 0.0195. The molecular formula is C33H32N4O4S3. The Bertz CT molecular complexity index is 1920. The highest BCUT2D eigenvalue weighted by Crippen LogP contribution is 2.46. The Balaban J connectivity index is 1.29. The van der Waals surface area contributed by atoms with Gasteiger partial charge in [0.1, 0.15) is 10.0 Å². The normalized spacial score (nSPS) is 13.4. The maximum absolute atomic E-state index is 13.6. The fourth-order valence-corrected chi connectivity index (χ4v) is 9.36. The molecule has 0 radical (unpaired) electrons. The Kier molecular flexibility index (Phi) is 8.38. The van der Waals surface area contributed by atoms with Gasteiger partial charge in [0.05, 0.1) is 21.7 Å². The van der Waals surface area contributed by atoms with Gasteiger partial charge in [0, 0.05) is 42.1 Å². The van der Waals surface area contributed by atoms with E-state index in [1.807, 2.05) is 73.3 Å². The summed E-state index contributed by atoms with van der Waals surface area (Å²) in [6, 6.07) is 23.2. The molecule has 0 spiro atoms. The molecule has 0 unspecified atom stereocenters. The van der Waals surface area contributed by atoms with E-state index in [9.17, 15) is 18.0 Å². The Morgan fingerprint density at radius 3 is 2.36 bits per heavy atom. The number of nitrogens with one attached hydrogen (secondary N) is 1. The van der Waals surface area contributed by atoms with Crippen LogP contribution in [0.5, 0.6) is 0 Å². The number of nitrogens with zero attached hydrogens (tertiary/aromatic N) is 3. The average molecular weight is 645 g/mol. The van der Waals surface area contributed by atoms with Crippen molar-refractivity contribution in [3.05, 3.63) is 100 Å². The second-order valence-electron chi connectivity index (χ2n) is 11.0. The van der Waals surface area contributed by atoms with Crippen molar-refractivity contribution in [2.75, 3.05) is 11.9 Å². The third kappa shape index (κ3) is 5.92. The summed E-state index contributed by atoms with van der Waals surface area (Å²) < 4.78 is 29.7. The van der Waals surface area contributed by atoms with Gasteiger partial charge in [-0.25, -0.2) is 13.4 Å². The molecule has 3 aromatic carbocycles. The first-order chi connectivity index (χ1) is 21.1. The molecule has 0 bridgehead atoms. The average Bonchev–Trinajstić information content (AvgIpc) is 3.60. The van der Waals surface area contributed by atoms with E-state index >= 15 is 0 Å². The number of benzene rings is 3. The summed E-state index contributed by atoms with van der Waals surface area (Å²) in [7, 11) is -3.81. The molecule has 2 aromatic heterocycles. The van der Waals surface area contributed by atoms with Gasteiger partial charge < -0.3 is 10.2 Å². The zero-order chi connectivity index (χ0) is 31.0. The first-order valence-electron chi connectivity index (χ1n) is 14.3. The van der Waals surface area contributed by atoms with Gasteiger partial charge in [0.2, 0.25) is 15.9 Å². The van der Waals surface area contributed by atoms with Crippen LogP contribution in [0.15, 0.2) is 83.8 Å². The van der Waals surface area contributed by atoms with Crippen LogP contribution in [0.1, 0.15) is 47.1 Å². The lowest BCUT2D eigenvalue weighted by Gasteiger charge is -2.26. The summed E-state index contributed by atoms with van der Waals surface area (Å²) in [4.78, 5) is 33.5. The number of rotatable bonds is 8. The molecule has 1 aliphatic heterocycles. The molecule has 0 saturated carbocycles. The summed E-state index contributed by atoms with van der Waals surface area (Å²) >= 11 is 3.04. The van der Waals surface area contributed by atoms with Crippen LogP contribution in [0, 0.1) is 0 Å². The number of hydrogen-bond acceptors (Lipinski definition) is 7. The van der Waals surface area contributed by atoms with Gasteiger partial charge >= 0.3 is 0 Å². The standard InChI is InChI=1S/C33H32N4O4S3/c1-21(2)37(19-23-9-5-4-6-10-23)44(40,41)25-15-13-24(14-16-25)31(39)35-33-30(32-34-27-11-7-8-12-28(27)42-32)26-17-18-36(22(3)38)20-29(26)43-33/h4-16,21H,17-20H2,1-3H3,(H,35,39). The summed E-state index contributed by atoms with van der Waals surface area (Å²) in [5, 5.41) is 4.58. The van der Waals surface area contributed by atoms with Crippen molar-refractivity contribution in [1.29, 1.82) is 0 Å². The van der Waals surface area contributed by atoms with Crippen molar-refractivity contribution in [3.8, 4) is 10.6 Å². The van der Waals surface area contributed by atoms with Crippen molar-refractivity contribution in [2.24, 2.45) is 0 Å². The van der Waals surface area contributed by atoms with E-state index in [-0.39, 0.29) is 29.3 Å². The summed E-state index contributed by atoms with van der Waals surface area (Å²) in [6.07, 6.45) is 0.675. The van der Waals surface area contributed by atoms with Gasteiger partial charge in [0.25, 0.3) is 5.91 Å². The second-order valence-corrected chi connectivity index (χ2v) is 15.0. The highest BCUT2D eigenvalue weighted by Gasteiger charge is 2.30. The molecule has 0 fully saturated rings. The van der Waals surface area contributed by atoms with Crippen LogP contribution in [0.3, 0.4) is 0 Å². The van der Waals surface area contributed by atoms with Crippen LogP contribution in [0.25, 0.3) is 20.8 Å². The van der Waals surface area contributed by atoms with E-state index in [4.69, 9.17) is 4.98 Å². The van der Waals surface area contributed by atoms with Crippen LogP contribution in [0.4, 0.5) is 5.00 Å². The predicted molar refractivity (Wildman–Crippen MR) is 176 cm³/mol. The molecular weight excluding hydrogens is 613 g/mol. The van der Waals surface area contributed by atoms with E-state index < -0.39 is 10.0 Å². The Hall–Kier alpha value is -3.90. The number of para-hydroxylation sites is 1. The lowest BCUT2D eigenvalue weighted by Crippen LogP contribution is -2.36. The summed E-state index contributed by atoms with van der Waals surface area (Å²) in [5.74, 6) is -0.325. The van der Waals surface area contributed by atoms with Crippen LogP contribution in [-0.4, -0.2) is 47.0 Å². The van der Waals surface area contributed by atoms with Gasteiger partial charge in [-0.3, -0.25) is 9.59 Å². The number of anilines is 1. The molecule has 1 N–H and O–H groups in total. The minimum Gasteiger partial charge on any atom is -0.337 e. The van der Waals surface area contributed by atoms with Crippen molar-refractivity contribution >= 4 is 59.7 Å². The lowest BCUT2D eigenvalue weighted by molar-refractivity contribution is -0.129. The minimum atomic E-state index is -3.81. The highest BCUT2D eigenvalue weighted by atomic mass is 32.2. The van der Waals surface area contributed by atoms with Gasteiger partial charge in [-0.15, -0.1) is 22.7 Å². The molecule has 226 valence electrons. The van der Waals surface area contributed by atoms with Crippen molar-refractivity contribution in [3.63, 3.8) is 0 Å². The molecule has 11 heteroatoms. The maximum atomic E-state index is 13.6. The van der Waals surface area contributed by atoms with E-state index in [1.54, 1.807) is 30.4 Å². The van der Waals surface area contributed by atoms with Crippen molar-refractivity contribution < 1.29 is 18.0 Å². The molecule has 44 heavy (non-hydrogen) atoms. The third-order valence-electron chi connectivity index (χ3n) is 7.72. The smallest absolute Gasteiger partial charge is 0.256 e. The molecule has 2 amide bonds. The second kappa shape index (κ2) is 12.2. The Morgan fingerprint density at radius 2 is 1.68 bits per heavy atom. The molecule has 8 nitrogen and oxygen atoms in total. The number of fused-ring (bicyclic) bond motifs is 2. The first kappa shape index (κ1) is 30.1. The molecule has 5 aromatic rings. The van der Waals surface area contributed by atoms with Crippen LogP contribution in [-0.2, 0) is 34.3 Å². The molecule has 0 saturated heterocycles. The number of amides is 2. The van der Waals surface area contributed by atoms with Gasteiger partial charge in [-0.05, 0) is 67.8 Å². The summed E-state index contributed by atoms with van der Waals surface area (Å²) in [6.45, 7) is 6.62. The lowest BCUT2D eigenvalue weighted by atomic mass is 10.0. The van der Waals surface area contributed by atoms with E-state index in [1.165, 1.54) is 27.8 Å². The number of carbonyl (C=O) groups excluding carboxylic acids is 2. The Morgan fingerprint density at radius 1 is 0.977 bits per heavy atom. The van der Waals surface area contributed by atoms with Gasteiger partial charge in [-0.1, -0.05) is 42.5 Å². The zero-order valence-electron chi connectivity index (χ0n) is 24.6. The summed E-state index contributed by atoms with van der Waals surface area (Å²) in [5.41, 5.74) is 4.14. The van der Waals surface area contributed by atoms with Crippen LogP contribution >= 0.6 is 22.7 Å². The van der Waals surface area contributed by atoms with E-state index in [0.29, 0.717) is 30.1 Å². The molecule has 3 heterocycles. The molecule has 6 rings (SSSR count). The highest BCUT2D eigenvalue weighted by molar-refractivity contribution is 7.89. The maximum Gasteiger partial charge on any atom is 0.256 e. The fourth-order valence-electron chi connectivity index (χ4n) is 5.36. The molecule has 0 atom stereocenters. The van der Waals surface area contributed by atoms with E-state index in [2.05, 4.69) is 5.32 Å². The van der Waals surface area contributed by atoms with Crippen LogP contribution in [0.2, 0.25) is 0 Å². The van der Waals surface area contributed by atoms with Crippen LogP contribution < -0.4 is 5.32 Å². The quantitative estimate of drug-likeness (QED) is 0.201. The largest absolute Gasteiger partial charge is 0.337 e. The zero-order valence-corrected chi connectivity index (χ0v) is 27.1. The molecule has 1 aliphatic rings. The first-order valence-corrected chi connectivity index (χ1v) is 17.4. The molecule has 0 aliphatic carbocycles. The fraction of sp³-hybridized carbons (Fsp3) is 0.242. The third-order valence-corrected chi connectivity index (χ3v) is 11.9. The monoisotopic (exact) mass is 644 g/mol. The number of thiophene rings is 1. The van der Waals surface area contributed by atoms with Gasteiger partial charge in [-0.2, -0.15) is 4.31 Å². The topological polar surface area (TPSA) is 99.7 Å². The van der Waals surface area contributed by atoms with E-state index in [0.717, 1.165) is 36.8 Å². The number of carbonyl (C=O) groups is 2. The number of hydrogen-bond donors (Lipinski definition) is 1. The van der Waals surface area contributed by atoms with Gasteiger partial charge in [0.15, 0.2) is 0 Å². The number of thiazole rings is 1. The Labute approximate surface area is 265 Å². The predicted octanol–water partition coefficient (Wildman–Crippen LogP) is 6.78.